The predicted molar refractivity (Wildman–Crippen MR) is 378 cm³/mol. The molecule has 6 aromatic heterocycles. The molecule has 0 atom stereocenters. The standard InChI is InChI=1S/C84H52N6/c1-4-22-54(23-5-1)85-72-34-16-10-28-60(72)65-48-50-67-62-30-12-18-36-74(62)87(81(67)79(65)85)57-42-40-53(41-43-57)70-52-71-64-32-14-20-38-76(64)89(83(71)84-78(70)69-33-15-21-39-77(69)90(84)56-26-8-3-9-27-56)59-46-44-58(45-47-59)88-75-37-19-13-31-63(75)68-51-49-66-61-29-11-17-35-73(61)86(80(66)82(68)88)55-24-6-2-7-25-55/h1-52H. The number of para-hydroxylation sites is 9. The highest BCUT2D eigenvalue weighted by atomic mass is 15.1. The molecule has 6 nitrogen and oxygen atoms in total. The van der Waals surface area contributed by atoms with Crippen molar-refractivity contribution in [1.29, 1.82) is 0 Å². The van der Waals surface area contributed by atoms with Gasteiger partial charge in [-0.25, -0.2) is 0 Å². The molecule has 0 aliphatic carbocycles. The first-order valence-electron chi connectivity index (χ1n) is 31.0. The van der Waals surface area contributed by atoms with E-state index in [1.54, 1.807) is 0 Å². The fourth-order valence-electron chi connectivity index (χ4n) is 15.7. The Kier molecular flexibility index (Phi) is 10.2. The minimum atomic E-state index is 1.09. The normalized spacial score (nSPS) is 12.2. The fourth-order valence-corrected chi connectivity index (χ4v) is 15.7. The summed E-state index contributed by atoms with van der Waals surface area (Å²) in [4.78, 5) is 0. The zero-order valence-electron chi connectivity index (χ0n) is 48.7. The van der Waals surface area contributed by atoms with Crippen LogP contribution in [0.4, 0.5) is 0 Å². The van der Waals surface area contributed by atoms with Crippen molar-refractivity contribution in [2.24, 2.45) is 0 Å². The Hall–Kier alpha value is -12.1. The summed E-state index contributed by atoms with van der Waals surface area (Å²) in [6, 6.07) is 117. The summed E-state index contributed by atoms with van der Waals surface area (Å²) in [5, 5.41) is 14.7. The molecule has 20 aromatic rings. The molecule has 0 saturated heterocycles. The van der Waals surface area contributed by atoms with E-state index in [2.05, 4.69) is 343 Å². The molecular formula is C84H52N6. The molecule has 0 spiro atoms. The quantitative estimate of drug-likeness (QED) is 0.152. The van der Waals surface area contributed by atoms with E-state index in [1.807, 2.05) is 0 Å². The zero-order chi connectivity index (χ0) is 58.7. The third kappa shape index (κ3) is 6.71. The summed E-state index contributed by atoms with van der Waals surface area (Å²) in [6.07, 6.45) is 0. The first-order valence-corrected chi connectivity index (χ1v) is 31.0. The molecule has 418 valence electrons. The van der Waals surface area contributed by atoms with Gasteiger partial charge in [-0.3, -0.25) is 0 Å². The maximum absolute atomic E-state index is 2.52. The Morgan fingerprint density at radius 1 is 0.156 bits per heavy atom. The van der Waals surface area contributed by atoms with E-state index in [1.165, 1.54) is 114 Å². The van der Waals surface area contributed by atoms with Gasteiger partial charge in [0.2, 0.25) is 0 Å². The number of benzene rings is 14. The van der Waals surface area contributed by atoms with Gasteiger partial charge in [-0.05, 0) is 126 Å². The van der Waals surface area contributed by atoms with E-state index in [0.717, 1.165) is 61.8 Å². The van der Waals surface area contributed by atoms with Crippen LogP contribution >= 0.6 is 0 Å². The smallest absolute Gasteiger partial charge is 0.0795 e. The molecule has 0 aliphatic rings. The van der Waals surface area contributed by atoms with E-state index < -0.39 is 0 Å². The second kappa shape index (κ2) is 18.7. The van der Waals surface area contributed by atoms with Gasteiger partial charge in [0.1, 0.15) is 0 Å². The van der Waals surface area contributed by atoms with Gasteiger partial charge in [0.15, 0.2) is 0 Å². The van der Waals surface area contributed by atoms with Crippen molar-refractivity contribution < 1.29 is 0 Å². The first kappa shape index (κ1) is 49.0. The lowest BCUT2D eigenvalue weighted by Gasteiger charge is -2.16. The fraction of sp³-hybridized carbons (Fsp3) is 0. The van der Waals surface area contributed by atoms with E-state index in [-0.39, 0.29) is 0 Å². The van der Waals surface area contributed by atoms with E-state index >= 15 is 0 Å². The second-order valence-electron chi connectivity index (χ2n) is 23.9. The third-order valence-electron chi connectivity index (χ3n) is 19.4. The minimum Gasteiger partial charge on any atom is -0.307 e. The Morgan fingerprint density at radius 3 is 0.722 bits per heavy atom. The van der Waals surface area contributed by atoms with Crippen molar-refractivity contribution in [2.45, 2.75) is 0 Å². The Balaban J connectivity index is 0.824. The van der Waals surface area contributed by atoms with Gasteiger partial charge in [0.25, 0.3) is 0 Å². The first-order chi connectivity index (χ1) is 44.7. The molecule has 0 N–H and O–H groups in total. The molecule has 6 heterocycles. The number of hydrogen-bond acceptors (Lipinski definition) is 0. The molecule has 0 amide bonds. The molecule has 0 aliphatic heterocycles. The number of aromatic nitrogens is 6. The number of fused-ring (bicyclic) bond motifs is 21. The van der Waals surface area contributed by atoms with Crippen LogP contribution in [0.25, 0.3) is 176 Å². The molecule has 90 heavy (non-hydrogen) atoms. The van der Waals surface area contributed by atoms with Crippen LogP contribution in [0.1, 0.15) is 0 Å². The van der Waals surface area contributed by atoms with Crippen LogP contribution in [0.2, 0.25) is 0 Å². The van der Waals surface area contributed by atoms with E-state index in [9.17, 15) is 0 Å². The highest BCUT2D eigenvalue weighted by molar-refractivity contribution is 6.29. The van der Waals surface area contributed by atoms with Crippen LogP contribution in [-0.4, -0.2) is 27.4 Å². The Bertz CT molecular complexity index is 6350. The van der Waals surface area contributed by atoms with Gasteiger partial charge in [0.05, 0.1) is 66.2 Å². The van der Waals surface area contributed by atoms with Gasteiger partial charge in [-0.2, -0.15) is 0 Å². The summed E-state index contributed by atoms with van der Waals surface area (Å²) in [5.74, 6) is 0. The number of rotatable bonds is 7. The van der Waals surface area contributed by atoms with Crippen LogP contribution < -0.4 is 0 Å². The molecule has 6 heteroatoms. The average molecular weight is 1150 g/mol. The molecule has 14 aromatic carbocycles. The summed E-state index contributed by atoms with van der Waals surface area (Å²) in [5.41, 5.74) is 23.1. The van der Waals surface area contributed by atoms with Crippen molar-refractivity contribution in [3.8, 4) is 45.3 Å². The highest BCUT2D eigenvalue weighted by Crippen LogP contribution is 2.49. The largest absolute Gasteiger partial charge is 0.307 e. The van der Waals surface area contributed by atoms with Crippen LogP contribution in [0.15, 0.2) is 315 Å². The Morgan fingerprint density at radius 2 is 0.389 bits per heavy atom. The molecule has 20 rings (SSSR count). The summed E-state index contributed by atoms with van der Waals surface area (Å²) < 4.78 is 15.0. The topological polar surface area (TPSA) is 29.6 Å². The zero-order valence-corrected chi connectivity index (χ0v) is 48.7. The molecule has 0 fully saturated rings. The molecular weight excluding hydrogens is 1090 g/mol. The van der Waals surface area contributed by atoms with Crippen LogP contribution in [0, 0.1) is 0 Å². The highest BCUT2D eigenvalue weighted by Gasteiger charge is 2.27. The Labute approximate surface area is 516 Å². The molecule has 0 unspecified atom stereocenters. The van der Waals surface area contributed by atoms with Gasteiger partial charge in [-0.1, -0.05) is 200 Å². The monoisotopic (exact) mass is 1140 g/mol. The van der Waals surface area contributed by atoms with Crippen molar-refractivity contribution in [3.05, 3.63) is 315 Å². The van der Waals surface area contributed by atoms with E-state index in [0.29, 0.717) is 0 Å². The summed E-state index contributed by atoms with van der Waals surface area (Å²) >= 11 is 0. The average Bonchev–Trinajstić information content (AvgIpc) is 1.57. The minimum absolute atomic E-state index is 1.09. The van der Waals surface area contributed by atoms with Crippen LogP contribution in [-0.2, 0) is 0 Å². The predicted octanol–water partition coefficient (Wildman–Crippen LogP) is 21.9. The maximum Gasteiger partial charge on any atom is 0.0795 e. The SMILES string of the molecule is c1ccc(-n2c3ccccc3c3ccc4c5ccccc5n(-c5ccc(-c6cc7c8ccccc8n(-c8ccc(-n9c%10ccccc%10c%10ccc%11c%12ccccc%12n(-c%12ccccc%12)c%11c%109)cc8)c7c7c6c6ccccc6n7-c6ccccc6)cc5)c4c32)cc1. The maximum atomic E-state index is 2.52. The molecule has 0 bridgehead atoms. The summed E-state index contributed by atoms with van der Waals surface area (Å²) in [7, 11) is 0. The molecule has 0 radical (unpaired) electrons. The van der Waals surface area contributed by atoms with Gasteiger partial charge < -0.3 is 27.4 Å². The lowest BCUT2D eigenvalue weighted by Crippen LogP contribution is -2.01. The van der Waals surface area contributed by atoms with Crippen LogP contribution in [0.3, 0.4) is 0 Å². The van der Waals surface area contributed by atoms with Crippen LogP contribution in [0.5, 0.6) is 0 Å². The molecule has 0 saturated carbocycles. The lowest BCUT2D eigenvalue weighted by atomic mass is 9.96. The van der Waals surface area contributed by atoms with E-state index in [4.69, 9.17) is 0 Å². The van der Waals surface area contributed by atoms with Crippen molar-refractivity contribution >= 4 is 131 Å². The summed E-state index contributed by atoms with van der Waals surface area (Å²) in [6.45, 7) is 0. The van der Waals surface area contributed by atoms with Crippen molar-refractivity contribution in [3.63, 3.8) is 0 Å². The van der Waals surface area contributed by atoms with Crippen molar-refractivity contribution in [1.82, 2.24) is 27.4 Å². The lowest BCUT2D eigenvalue weighted by molar-refractivity contribution is 1.13. The second-order valence-corrected chi connectivity index (χ2v) is 23.9. The number of hydrogen-bond donors (Lipinski definition) is 0. The van der Waals surface area contributed by atoms with Gasteiger partial charge in [-0.15, -0.1) is 0 Å². The number of nitrogens with zero attached hydrogens (tertiary/aromatic N) is 6. The van der Waals surface area contributed by atoms with Crippen molar-refractivity contribution in [2.75, 3.05) is 0 Å². The third-order valence-corrected chi connectivity index (χ3v) is 19.4. The van der Waals surface area contributed by atoms with Gasteiger partial charge >= 0.3 is 0 Å². The van der Waals surface area contributed by atoms with Gasteiger partial charge in [0, 0.05) is 98.8 Å².